The molecule has 3 aromatic rings. The molecule has 27 heavy (non-hydrogen) atoms. The fraction of sp³-hybridized carbons (Fsp3) is 0.238. The van der Waals surface area contributed by atoms with Crippen LogP contribution in [0.5, 0.6) is 5.75 Å². The van der Waals surface area contributed by atoms with E-state index in [9.17, 15) is 9.18 Å². The molecule has 0 saturated heterocycles. The first-order valence-corrected chi connectivity index (χ1v) is 8.87. The molecule has 1 unspecified atom stereocenters. The molecule has 0 aliphatic carbocycles. The average molecular weight is 365 g/mol. The van der Waals surface area contributed by atoms with Gasteiger partial charge in [-0.15, -0.1) is 0 Å². The number of benzene rings is 2. The molecule has 4 rings (SSSR count). The van der Waals surface area contributed by atoms with Crippen molar-refractivity contribution in [3.63, 3.8) is 0 Å². The number of nitrogens with one attached hydrogen (secondary N) is 1. The number of aryl methyl sites for hydroxylation is 1. The van der Waals surface area contributed by atoms with Crippen molar-refractivity contribution in [2.24, 2.45) is 7.05 Å². The van der Waals surface area contributed by atoms with Gasteiger partial charge in [-0.05, 0) is 34.9 Å². The highest BCUT2D eigenvalue weighted by atomic mass is 19.1. The molecule has 1 amide bonds. The predicted molar refractivity (Wildman–Crippen MR) is 98.9 cm³/mol. The fourth-order valence-corrected chi connectivity index (χ4v) is 3.35. The lowest BCUT2D eigenvalue weighted by Crippen LogP contribution is -2.32. The smallest absolute Gasteiger partial charge is 0.225 e. The van der Waals surface area contributed by atoms with Crippen molar-refractivity contribution in [3.8, 4) is 5.75 Å². The van der Waals surface area contributed by atoms with Crippen molar-refractivity contribution in [2.75, 3.05) is 6.61 Å². The Morgan fingerprint density at radius 3 is 2.85 bits per heavy atom. The SMILES string of the molecule is Cn1ccnc1C(NC(=O)Cc1ccc2c(c1)CCO2)c1ccc(F)cc1. The summed E-state index contributed by atoms with van der Waals surface area (Å²) in [6, 6.07) is 11.5. The summed E-state index contributed by atoms with van der Waals surface area (Å²) in [6.07, 6.45) is 4.63. The molecule has 0 bridgehead atoms. The van der Waals surface area contributed by atoms with Crippen LogP contribution in [-0.4, -0.2) is 22.1 Å². The molecule has 2 aromatic carbocycles. The Bertz CT molecular complexity index is 966. The minimum atomic E-state index is -0.448. The number of hydrogen-bond acceptors (Lipinski definition) is 3. The third kappa shape index (κ3) is 3.69. The van der Waals surface area contributed by atoms with Gasteiger partial charge in [0, 0.05) is 25.9 Å². The van der Waals surface area contributed by atoms with Crippen molar-refractivity contribution in [1.29, 1.82) is 0 Å². The molecule has 0 spiro atoms. The van der Waals surface area contributed by atoms with E-state index in [4.69, 9.17) is 4.74 Å². The highest BCUT2D eigenvalue weighted by Crippen LogP contribution is 2.26. The maximum absolute atomic E-state index is 13.3. The van der Waals surface area contributed by atoms with Crippen molar-refractivity contribution < 1.29 is 13.9 Å². The highest BCUT2D eigenvalue weighted by molar-refractivity contribution is 5.79. The zero-order valence-corrected chi connectivity index (χ0v) is 15.0. The summed E-state index contributed by atoms with van der Waals surface area (Å²) in [5.41, 5.74) is 2.86. The topological polar surface area (TPSA) is 56.2 Å². The summed E-state index contributed by atoms with van der Waals surface area (Å²) in [7, 11) is 1.87. The number of carbonyl (C=O) groups is 1. The van der Waals surface area contributed by atoms with E-state index >= 15 is 0 Å². The van der Waals surface area contributed by atoms with E-state index in [0.717, 1.165) is 28.9 Å². The predicted octanol–water partition coefficient (Wildman–Crippen LogP) is 2.94. The van der Waals surface area contributed by atoms with Crippen LogP contribution in [-0.2, 0) is 24.7 Å². The van der Waals surface area contributed by atoms with Crippen LogP contribution in [0.25, 0.3) is 0 Å². The summed E-state index contributed by atoms with van der Waals surface area (Å²) < 4.78 is 20.7. The monoisotopic (exact) mass is 365 g/mol. The van der Waals surface area contributed by atoms with Crippen LogP contribution in [0.3, 0.4) is 0 Å². The second-order valence-electron chi connectivity index (χ2n) is 6.67. The fourth-order valence-electron chi connectivity index (χ4n) is 3.35. The third-order valence-electron chi connectivity index (χ3n) is 4.74. The molecule has 2 heterocycles. The number of fused-ring (bicyclic) bond motifs is 1. The Morgan fingerprint density at radius 1 is 1.30 bits per heavy atom. The first kappa shape index (κ1) is 17.3. The van der Waals surface area contributed by atoms with Gasteiger partial charge in [-0.3, -0.25) is 4.79 Å². The van der Waals surface area contributed by atoms with Gasteiger partial charge in [-0.2, -0.15) is 0 Å². The maximum Gasteiger partial charge on any atom is 0.225 e. The van der Waals surface area contributed by atoms with Crippen LogP contribution in [0, 0.1) is 5.82 Å². The zero-order valence-electron chi connectivity index (χ0n) is 15.0. The quantitative estimate of drug-likeness (QED) is 0.756. The third-order valence-corrected chi connectivity index (χ3v) is 4.74. The van der Waals surface area contributed by atoms with Crippen LogP contribution in [0.15, 0.2) is 54.9 Å². The molecule has 1 aliphatic rings. The second kappa shape index (κ2) is 7.23. The maximum atomic E-state index is 13.3. The number of carbonyl (C=O) groups excluding carboxylic acids is 1. The van der Waals surface area contributed by atoms with E-state index in [2.05, 4.69) is 10.3 Å². The Hall–Kier alpha value is -3.15. The molecule has 0 saturated carbocycles. The number of hydrogen-bond donors (Lipinski definition) is 1. The lowest BCUT2D eigenvalue weighted by atomic mass is 10.0. The Balaban J connectivity index is 1.55. The average Bonchev–Trinajstić information content (AvgIpc) is 3.29. The number of aromatic nitrogens is 2. The molecular formula is C21H20FN3O2. The molecule has 0 fully saturated rings. The van der Waals surface area contributed by atoms with Gasteiger partial charge in [0.15, 0.2) is 0 Å². The van der Waals surface area contributed by atoms with Gasteiger partial charge < -0.3 is 14.6 Å². The van der Waals surface area contributed by atoms with Gasteiger partial charge in [0.05, 0.1) is 13.0 Å². The van der Waals surface area contributed by atoms with E-state index in [1.54, 1.807) is 18.3 Å². The first-order chi connectivity index (χ1) is 13.1. The molecule has 1 aliphatic heterocycles. The van der Waals surface area contributed by atoms with E-state index in [0.29, 0.717) is 12.4 Å². The van der Waals surface area contributed by atoms with Crippen LogP contribution >= 0.6 is 0 Å². The molecule has 0 radical (unpaired) electrons. The Kier molecular flexibility index (Phi) is 4.62. The molecule has 5 nitrogen and oxygen atoms in total. The highest BCUT2D eigenvalue weighted by Gasteiger charge is 2.21. The zero-order chi connectivity index (χ0) is 18.8. The summed E-state index contributed by atoms with van der Waals surface area (Å²) in [6.45, 7) is 0.691. The number of rotatable bonds is 5. The van der Waals surface area contributed by atoms with Gasteiger partial charge >= 0.3 is 0 Å². The number of nitrogens with zero attached hydrogens (tertiary/aromatic N) is 2. The van der Waals surface area contributed by atoms with Crippen molar-refractivity contribution in [3.05, 3.63) is 83.2 Å². The van der Waals surface area contributed by atoms with E-state index in [-0.39, 0.29) is 18.1 Å². The van der Waals surface area contributed by atoms with Gasteiger partial charge in [0.1, 0.15) is 23.4 Å². The number of halogens is 1. The first-order valence-electron chi connectivity index (χ1n) is 8.87. The van der Waals surface area contributed by atoms with Crippen LogP contribution in [0.1, 0.15) is 28.6 Å². The van der Waals surface area contributed by atoms with Crippen molar-refractivity contribution in [2.45, 2.75) is 18.9 Å². The Labute approximate surface area is 156 Å². The van der Waals surface area contributed by atoms with E-state index in [1.165, 1.54) is 12.1 Å². The minimum Gasteiger partial charge on any atom is -0.493 e. The lowest BCUT2D eigenvalue weighted by Gasteiger charge is -2.19. The van der Waals surface area contributed by atoms with Gasteiger partial charge in [-0.1, -0.05) is 24.3 Å². The van der Waals surface area contributed by atoms with Gasteiger partial charge in [0.25, 0.3) is 0 Å². The van der Waals surface area contributed by atoms with Crippen LogP contribution < -0.4 is 10.1 Å². The number of ether oxygens (including phenoxy) is 1. The van der Waals surface area contributed by atoms with Crippen LogP contribution in [0.4, 0.5) is 4.39 Å². The summed E-state index contributed by atoms with van der Waals surface area (Å²) in [5, 5.41) is 3.04. The summed E-state index contributed by atoms with van der Waals surface area (Å²) in [5.74, 6) is 1.16. The molecule has 1 atom stereocenters. The molecule has 1 N–H and O–H groups in total. The van der Waals surface area contributed by atoms with Gasteiger partial charge in [0.2, 0.25) is 5.91 Å². The number of imidazole rings is 1. The van der Waals surface area contributed by atoms with E-state index in [1.807, 2.05) is 36.0 Å². The van der Waals surface area contributed by atoms with Crippen molar-refractivity contribution >= 4 is 5.91 Å². The molecule has 6 heteroatoms. The lowest BCUT2D eigenvalue weighted by molar-refractivity contribution is -0.121. The van der Waals surface area contributed by atoms with E-state index < -0.39 is 6.04 Å². The molecular weight excluding hydrogens is 345 g/mol. The normalized spacial score (nSPS) is 13.7. The molecule has 138 valence electrons. The Morgan fingerprint density at radius 2 is 2.11 bits per heavy atom. The van der Waals surface area contributed by atoms with Crippen molar-refractivity contribution in [1.82, 2.24) is 14.9 Å². The minimum absolute atomic E-state index is 0.119. The second-order valence-corrected chi connectivity index (χ2v) is 6.67. The largest absolute Gasteiger partial charge is 0.493 e. The summed E-state index contributed by atoms with van der Waals surface area (Å²) >= 11 is 0. The standard InChI is InChI=1S/C21H20FN3O2/c1-25-10-9-23-21(25)20(15-3-5-17(22)6-4-15)24-19(26)13-14-2-7-18-16(12-14)8-11-27-18/h2-7,9-10,12,20H,8,11,13H2,1H3,(H,24,26). The van der Waals surface area contributed by atoms with Crippen LogP contribution in [0.2, 0.25) is 0 Å². The number of amides is 1. The molecule has 1 aromatic heterocycles. The van der Waals surface area contributed by atoms with Gasteiger partial charge in [-0.25, -0.2) is 9.37 Å². The summed E-state index contributed by atoms with van der Waals surface area (Å²) in [4.78, 5) is 17.1.